The predicted molar refractivity (Wildman–Crippen MR) is 53.0 cm³/mol. The normalized spacial score (nSPS) is 44.1. The third-order valence-corrected chi connectivity index (χ3v) is 4.14. The lowest BCUT2D eigenvalue weighted by Gasteiger charge is -2.31. The van der Waals surface area contributed by atoms with Crippen molar-refractivity contribution in [2.24, 2.45) is 23.5 Å². The zero-order valence-electron chi connectivity index (χ0n) is 8.72. The van der Waals surface area contributed by atoms with Crippen molar-refractivity contribution in [1.82, 2.24) is 0 Å². The van der Waals surface area contributed by atoms with Crippen LogP contribution in [0.3, 0.4) is 0 Å². The number of carbonyl (C=O) groups excluding carboxylic acids is 1. The summed E-state index contributed by atoms with van der Waals surface area (Å²) >= 11 is 0. The molecule has 0 spiro atoms. The number of hydrogen-bond acceptors (Lipinski definition) is 4. The molecule has 15 heavy (non-hydrogen) atoms. The van der Waals surface area contributed by atoms with Crippen LogP contribution in [-0.4, -0.2) is 31.3 Å². The van der Waals surface area contributed by atoms with Gasteiger partial charge in [-0.25, -0.2) is 0 Å². The van der Waals surface area contributed by atoms with Crippen molar-refractivity contribution < 1.29 is 14.3 Å². The Morgan fingerprint density at radius 2 is 2.00 bits per heavy atom. The lowest BCUT2D eigenvalue weighted by Crippen LogP contribution is -2.45. The van der Waals surface area contributed by atoms with Gasteiger partial charge in [-0.05, 0) is 31.1 Å². The molecule has 0 aromatic rings. The minimum absolute atomic E-state index is 0.0103. The first kappa shape index (κ1) is 9.60. The topological polar surface area (TPSA) is 61.6 Å². The van der Waals surface area contributed by atoms with E-state index in [0.29, 0.717) is 25.0 Å². The fourth-order valence-electron chi connectivity index (χ4n) is 3.21. The number of carbonyl (C=O) groups is 1. The van der Waals surface area contributed by atoms with Gasteiger partial charge in [-0.2, -0.15) is 0 Å². The van der Waals surface area contributed by atoms with Gasteiger partial charge in [-0.3, -0.25) is 4.79 Å². The first-order valence-electron chi connectivity index (χ1n) is 5.79. The summed E-state index contributed by atoms with van der Waals surface area (Å²) in [6, 6.07) is 0.0391. The minimum atomic E-state index is -0.0806. The molecule has 1 saturated heterocycles. The molecule has 0 radical (unpaired) electrons. The van der Waals surface area contributed by atoms with E-state index in [1.54, 1.807) is 0 Å². The molecule has 3 aliphatic rings. The fourth-order valence-corrected chi connectivity index (χ4v) is 3.21. The van der Waals surface area contributed by atoms with Crippen LogP contribution < -0.4 is 5.73 Å². The monoisotopic (exact) mass is 211 g/mol. The Hall–Kier alpha value is -0.610. The van der Waals surface area contributed by atoms with Crippen molar-refractivity contribution in [1.29, 1.82) is 0 Å². The Bertz CT molecular complexity index is 275. The van der Waals surface area contributed by atoms with Crippen molar-refractivity contribution in [2.45, 2.75) is 31.4 Å². The first-order valence-corrected chi connectivity index (χ1v) is 5.79. The molecule has 4 atom stereocenters. The number of esters is 1. The van der Waals surface area contributed by atoms with E-state index in [1.165, 1.54) is 6.42 Å². The van der Waals surface area contributed by atoms with Crippen LogP contribution in [-0.2, 0) is 14.3 Å². The summed E-state index contributed by atoms with van der Waals surface area (Å²) in [7, 11) is 0. The minimum Gasteiger partial charge on any atom is -0.457 e. The summed E-state index contributed by atoms with van der Waals surface area (Å²) < 4.78 is 10.3. The summed E-state index contributed by atoms with van der Waals surface area (Å²) in [4.78, 5) is 11.9. The Morgan fingerprint density at radius 3 is 2.53 bits per heavy atom. The highest BCUT2D eigenvalue weighted by molar-refractivity contribution is 5.74. The summed E-state index contributed by atoms with van der Waals surface area (Å²) in [6.45, 7) is 1.11. The van der Waals surface area contributed by atoms with Crippen LogP contribution in [0.2, 0.25) is 0 Å². The van der Waals surface area contributed by atoms with Crippen molar-refractivity contribution in [3.8, 4) is 0 Å². The summed E-state index contributed by atoms with van der Waals surface area (Å²) in [6.07, 6.45) is 3.47. The maximum Gasteiger partial charge on any atom is 0.311 e. The molecule has 4 unspecified atom stereocenters. The van der Waals surface area contributed by atoms with Crippen LogP contribution in [0, 0.1) is 17.8 Å². The van der Waals surface area contributed by atoms with Crippen molar-refractivity contribution in [2.75, 3.05) is 13.2 Å². The maximum absolute atomic E-state index is 11.9. The van der Waals surface area contributed by atoms with E-state index in [-0.39, 0.29) is 24.0 Å². The summed E-state index contributed by atoms with van der Waals surface area (Å²) in [5.74, 6) is 0.927. The lowest BCUT2D eigenvalue weighted by atomic mass is 9.85. The van der Waals surface area contributed by atoms with Gasteiger partial charge in [-0.1, -0.05) is 0 Å². The highest BCUT2D eigenvalue weighted by Crippen LogP contribution is 2.48. The molecule has 4 heteroatoms. The summed E-state index contributed by atoms with van der Waals surface area (Å²) in [5, 5.41) is 0. The first-order chi connectivity index (χ1) is 7.25. The van der Waals surface area contributed by atoms with E-state index in [9.17, 15) is 4.79 Å². The smallest absolute Gasteiger partial charge is 0.311 e. The third-order valence-electron chi connectivity index (χ3n) is 4.14. The maximum atomic E-state index is 11.9. The fraction of sp³-hybridized carbons (Fsp3) is 0.909. The predicted octanol–water partition coefficient (Wildman–Crippen LogP) is 0.302. The molecule has 84 valence electrons. The molecule has 2 saturated carbocycles. The van der Waals surface area contributed by atoms with Gasteiger partial charge in [0.2, 0.25) is 0 Å². The molecule has 0 amide bonds. The van der Waals surface area contributed by atoms with Crippen LogP contribution in [0.15, 0.2) is 0 Å². The van der Waals surface area contributed by atoms with Crippen LogP contribution in [0.1, 0.15) is 19.3 Å². The van der Waals surface area contributed by atoms with Crippen LogP contribution >= 0.6 is 0 Å². The molecule has 2 aliphatic carbocycles. The van der Waals surface area contributed by atoms with Gasteiger partial charge >= 0.3 is 5.97 Å². The van der Waals surface area contributed by atoms with Gasteiger partial charge in [0.15, 0.2) is 0 Å². The van der Waals surface area contributed by atoms with Gasteiger partial charge in [0, 0.05) is 6.04 Å². The van der Waals surface area contributed by atoms with Crippen LogP contribution in [0.5, 0.6) is 0 Å². The number of hydrogen-bond donors (Lipinski definition) is 1. The van der Waals surface area contributed by atoms with E-state index < -0.39 is 0 Å². The molecule has 3 fully saturated rings. The van der Waals surface area contributed by atoms with E-state index in [0.717, 1.165) is 12.8 Å². The molecule has 2 N–H and O–H groups in total. The van der Waals surface area contributed by atoms with Crippen LogP contribution in [0.4, 0.5) is 0 Å². The molecule has 1 heterocycles. The molecular formula is C11H17NO3. The van der Waals surface area contributed by atoms with E-state index in [4.69, 9.17) is 15.2 Å². The molecule has 0 aromatic heterocycles. The van der Waals surface area contributed by atoms with Gasteiger partial charge in [0.05, 0.1) is 19.1 Å². The highest BCUT2D eigenvalue weighted by atomic mass is 16.6. The average Bonchev–Trinajstić information content (AvgIpc) is 2.70. The zero-order chi connectivity index (χ0) is 10.4. The highest BCUT2D eigenvalue weighted by Gasteiger charge is 2.50. The Labute approximate surface area is 89.1 Å². The number of nitrogens with two attached hydrogens (primary N) is 1. The quantitative estimate of drug-likeness (QED) is 0.667. The van der Waals surface area contributed by atoms with Gasteiger partial charge < -0.3 is 15.2 Å². The average molecular weight is 211 g/mol. The molecule has 4 nitrogen and oxygen atoms in total. The molecular weight excluding hydrogens is 194 g/mol. The Balaban J connectivity index is 1.63. The number of rotatable bonds is 2. The molecule has 2 bridgehead atoms. The second-order valence-electron chi connectivity index (χ2n) is 5.03. The van der Waals surface area contributed by atoms with Crippen LogP contribution in [0.25, 0.3) is 0 Å². The van der Waals surface area contributed by atoms with E-state index >= 15 is 0 Å². The Morgan fingerprint density at radius 1 is 1.27 bits per heavy atom. The van der Waals surface area contributed by atoms with E-state index in [2.05, 4.69) is 0 Å². The molecule has 3 rings (SSSR count). The van der Waals surface area contributed by atoms with Gasteiger partial charge in [0.25, 0.3) is 0 Å². The van der Waals surface area contributed by atoms with Crippen molar-refractivity contribution >= 4 is 5.97 Å². The molecule has 1 aliphatic heterocycles. The van der Waals surface area contributed by atoms with E-state index in [1.807, 2.05) is 0 Å². The number of fused-ring (bicyclic) bond motifs is 2. The van der Waals surface area contributed by atoms with Crippen molar-refractivity contribution in [3.63, 3.8) is 0 Å². The molecule has 0 aromatic carbocycles. The van der Waals surface area contributed by atoms with Gasteiger partial charge in [-0.15, -0.1) is 0 Å². The summed E-state index contributed by atoms with van der Waals surface area (Å²) in [5.41, 5.74) is 6.07. The SMILES string of the molecule is NC1C2CCC(C2)C1C(=O)OC1COC1. The van der Waals surface area contributed by atoms with Crippen molar-refractivity contribution in [3.05, 3.63) is 0 Å². The zero-order valence-corrected chi connectivity index (χ0v) is 8.72. The lowest BCUT2D eigenvalue weighted by molar-refractivity contribution is -0.178. The largest absolute Gasteiger partial charge is 0.457 e. The number of ether oxygens (including phenoxy) is 2. The second-order valence-corrected chi connectivity index (χ2v) is 5.03. The Kier molecular flexibility index (Phi) is 2.21. The van der Waals surface area contributed by atoms with Gasteiger partial charge in [0.1, 0.15) is 6.10 Å². The third kappa shape index (κ3) is 1.47. The second kappa shape index (κ2) is 3.46. The standard InChI is InChI=1S/C11H17NO3/c12-10-7-2-1-6(3-7)9(10)11(13)15-8-4-14-5-8/h6-10H,1-5,12H2.